The van der Waals surface area contributed by atoms with E-state index in [9.17, 15) is 9.18 Å². The van der Waals surface area contributed by atoms with Crippen LogP contribution in [-0.4, -0.2) is 17.9 Å². The van der Waals surface area contributed by atoms with Gasteiger partial charge in [0, 0.05) is 22.4 Å². The molecule has 26 heavy (non-hydrogen) atoms. The predicted molar refractivity (Wildman–Crippen MR) is 102 cm³/mol. The molecule has 3 aromatic rings. The second-order valence-electron chi connectivity index (χ2n) is 6.80. The van der Waals surface area contributed by atoms with Gasteiger partial charge in [-0.3, -0.25) is 4.79 Å². The Labute approximate surface area is 152 Å². The van der Waals surface area contributed by atoms with Crippen LogP contribution in [0.2, 0.25) is 0 Å². The second kappa shape index (κ2) is 7.24. The number of carbonyl (C=O) groups is 1. The molecule has 0 fully saturated rings. The molecule has 3 nitrogen and oxygen atoms in total. The molecule has 134 valence electrons. The number of hydrogen-bond acceptors (Lipinski definition) is 3. The largest absolute Gasteiger partial charge is 0.481 e. The van der Waals surface area contributed by atoms with Gasteiger partial charge in [0.1, 0.15) is 11.6 Å². The second-order valence-corrected chi connectivity index (χ2v) is 6.80. The van der Waals surface area contributed by atoms with Gasteiger partial charge in [0.25, 0.3) is 0 Å². The lowest BCUT2D eigenvalue weighted by atomic mass is 9.85. The number of hydrogen-bond donors (Lipinski definition) is 0. The van der Waals surface area contributed by atoms with Crippen molar-refractivity contribution in [3.63, 3.8) is 0 Å². The number of pyridine rings is 1. The molecule has 1 unspecified atom stereocenters. The Hall–Kier alpha value is -2.75. The van der Waals surface area contributed by atoms with E-state index < -0.39 is 0 Å². The van der Waals surface area contributed by atoms with Crippen molar-refractivity contribution in [2.75, 3.05) is 7.11 Å². The average Bonchev–Trinajstić information content (AvgIpc) is 2.61. The molecule has 0 bridgehead atoms. The Morgan fingerprint density at radius 1 is 1.12 bits per heavy atom. The maximum absolute atomic E-state index is 14.1. The van der Waals surface area contributed by atoms with E-state index >= 15 is 0 Å². The molecular formula is C22H22FNO2. The van der Waals surface area contributed by atoms with Gasteiger partial charge in [0.05, 0.1) is 12.8 Å². The molecule has 1 atom stereocenters. The summed E-state index contributed by atoms with van der Waals surface area (Å²) in [5.74, 6) is 0.138. The third-order valence-electron chi connectivity index (χ3n) is 4.65. The van der Waals surface area contributed by atoms with E-state index in [4.69, 9.17) is 4.74 Å². The van der Waals surface area contributed by atoms with E-state index in [-0.39, 0.29) is 23.4 Å². The molecule has 0 aliphatic carbocycles. The van der Waals surface area contributed by atoms with Crippen LogP contribution in [0.25, 0.3) is 22.0 Å². The lowest BCUT2D eigenvalue weighted by Gasteiger charge is -2.20. The van der Waals surface area contributed by atoms with Gasteiger partial charge in [0.15, 0.2) is 0 Å². The van der Waals surface area contributed by atoms with Crippen LogP contribution in [0.3, 0.4) is 0 Å². The summed E-state index contributed by atoms with van der Waals surface area (Å²) >= 11 is 0. The number of Topliss-reactive ketones (excluding diaryl/α,β-unsaturated/α-hetero) is 1. The van der Waals surface area contributed by atoms with Crippen molar-refractivity contribution >= 4 is 16.6 Å². The molecule has 0 spiro atoms. The zero-order chi connectivity index (χ0) is 18.8. The van der Waals surface area contributed by atoms with E-state index in [2.05, 4.69) is 4.98 Å². The Balaban J connectivity index is 2.10. The summed E-state index contributed by atoms with van der Waals surface area (Å²) in [6.45, 7) is 5.60. The molecule has 0 N–H and O–H groups in total. The third-order valence-corrected chi connectivity index (χ3v) is 4.65. The standard InChI is InChI=1S/C22H22FNO2/c1-13(2)21(14(3)25)17-10-11-20(24-22(17)26-4)16-9-8-15-6-5-7-19(23)18(15)12-16/h5-13,21H,1-4H3. The first-order chi connectivity index (χ1) is 12.4. The maximum atomic E-state index is 14.1. The molecule has 3 rings (SSSR count). The van der Waals surface area contributed by atoms with Gasteiger partial charge in [-0.1, -0.05) is 44.2 Å². The van der Waals surface area contributed by atoms with Crippen LogP contribution in [0.15, 0.2) is 48.5 Å². The highest BCUT2D eigenvalue weighted by atomic mass is 19.1. The van der Waals surface area contributed by atoms with Crippen molar-refractivity contribution < 1.29 is 13.9 Å². The van der Waals surface area contributed by atoms with E-state index in [1.54, 1.807) is 26.2 Å². The zero-order valence-electron chi connectivity index (χ0n) is 15.4. The monoisotopic (exact) mass is 351 g/mol. The lowest BCUT2D eigenvalue weighted by molar-refractivity contribution is -0.119. The highest BCUT2D eigenvalue weighted by Crippen LogP contribution is 2.34. The number of ether oxygens (including phenoxy) is 1. The Morgan fingerprint density at radius 3 is 2.54 bits per heavy atom. The molecule has 1 heterocycles. The average molecular weight is 351 g/mol. The van der Waals surface area contributed by atoms with Crippen molar-refractivity contribution in [2.45, 2.75) is 26.7 Å². The first kappa shape index (κ1) is 18.1. The number of nitrogens with zero attached hydrogens (tertiary/aromatic N) is 1. The minimum atomic E-state index is -0.263. The van der Waals surface area contributed by atoms with Crippen LogP contribution in [0.5, 0.6) is 5.88 Å². The van der Waals surface area contributed by atoms with Crippen molar-refractivity contribution in [2.24, 2.45) is 5.92 Å². The number of aromatic nitrogens is 1. The molecule has 0 amide bonds. The Kier molecular flexibility index (Phi) is 5.03. The number of rotatable bonds is 5. The summed E-state index contributed by atoms with van der Waals surface area (Å²) in [5.41, 5.74) is 2.27. The summed E-state index contributed by atoms with van der Waals surface area (Å²) in [5, 5.41) is 1.40. The number of methoxy groups -OCH3 is 1. The molecule has 0 radical (unpaired) electrons. The normalized spacial score (nSPS) is 12.4. The minimum Gasteiger partial charge on any atom is -0.481 e. The van der Waals surface area contributed by atoms with Crippen LogP contribution in [0, 0.1) is 11.7 Å². The van der Waals surface area contributed by atoms with Crippen LogP contribution in [-0.2, 0) is 4.79 Å². The van der Waals surface area contributed by atoms with Gasteiger partial charge < -0.3 is 4.74 Å². The number of benzene rings is 2. The Bertz CT molecular complexity index is 966. The van der Waals surface area contributed by atoms with Crippen molar-refractivity contribution in [3.05, 3.63) is 59.9 Å². The highest BCUT2D eigenvalue weighted by molar-refractivity contribution is 5.88. The van der Waals surface area contributed by atoms with Gasteiger partial charge in [-0.05, 0) is 36.4 Å². The van der Waals surface area contributed by atoms with E-state index in [0.29, 0.717) is 17.0 Å². The predicted octanol–water partition coefficient (Wildman–Crippen LogP) is 5.38. The molecule has 0 saturated carbocycles. The molecule has 4 heteroatoms. The summed E-state index contributed by atoms with van der Waals surface area (Å²) < 4.78 is 19.6. The minimum absolute atomic E-state index is 0.0839. The highest BCUT2D eigenvalue weighted by Gasteiger charge is 2.25. The summed E-state index contributed by atoms with van der Waals surface area (Å²) in [6.07, 6.45) is 0. The zero-order valence-corrected chi connectivity index (χ0v) is 15.4. The summed E-state index contributed by atoms with van der Waals surface area (Å²) in [7, 11) is 1.55. The number of halogens is 1. The Morgan fingerprint density at radius 2 is 1.88 bits per heavy atom. The van der Waals surface area contributed by atoms with Crippen LogP contribution in [0.4, 0.5) is 4.39 Å². The van der Waals surface area contributed by atoms with E-state index in [1.165, 1.54) is 6.07 Å². The van der Waals surface area contributed by atoms with Crippen molar-refractivity contribution in [1.29, 1.82) is 0 Å². The van der Waals surface area contributed by atoms with Crippen LogP contribution in [0.1, 0.15) is 32.3 Å². The van der Waals surface area contributed by atoms with Gasteiger partial charge in [-0.25, -0.2) is 9.37 Å². The molecule has 1 aromatic heterocycles. The fourth-order valence-electron chi connectivity index (χ4n) is 3.45. The first-order valence-electron chi connectivity index (χ1n) is 8.66. The fraction of sp³-hybridized carbons (Fsp3) is 0.273. The molecule has 0 aliphatic rings. The maximum Gasteiger partial charge on any atom is 0.217 e. The third kappa shape index (κ3) is 3.32. The molecule has 0 aliphatic heterocycles. The van der Waals surface area contributed by atoms with Gasteiger partial charge >= 0.3 is 0 Å². The summed E-state index contributed by atoms with van der Waals surface area (Å²) in [4.78, 5) is 16.7. The van der Waals surface area contributed by atoms with Crippen molar-refractivity contribution in [1.82, 2.24) is 4.98 Å². The quantitative estimate of drug-likeness (QED) is 0.620. The lowest BCUT2D eigenvalue weighted by Crippen LogP contribution is -2.16. The smallest absolute Gasteiger partial charge is 0.217 e. The molecular weight excluding hydrogens is 329 g/mol. The summed E-state index contributed by atoms with van der Waals surface area (Å²) in [6, 6.07) is 14.3. The van der Waals surface area contributed by atoms with Crippen LogP contribution >= 0.6 is 0 Å². The molecule has 2 aromatic carbocycles. The molecule has 0 saturated heterocycles. The number of fused-ring (bicyclic) bond motifs is 1. The SMILES string of the molecule is COc1nc(-c2ccc3cccc(F)c3c2)ccc1C(C(C)=O)C(C)C. The van der Waals surface area contributed by atoms with Gasteiger partial charge in [-0.15, -0.1) is 0 Å². The van der Waals surface area contributed by atoms with Crippen LogP contribution < -0.4 is 4.74 Å². The first-order valence-corrected chi connectivity index (χ1v) is 8.66. The van der Waals surface area contributed by atoms with Gasteiger partial charge in [-0.2, -0.15) is 0 Å². The van der Waals surface area contributed by atoms with Gasteiger partial charge in [0.2, 0.25) is 5.88 Å². The van der Waals surface area contributed by atoms with E-state index in [0.717, 1.165) is 16.5 Å². The van der Waals surface area contributed by atoms with Crippen molar-refractivity contribution in [3.8, 4) is 17.1 Å². The topological polar surface area (TPSA) is 39.2 Å². The van der Waals surface area contributed by atoms with E-state index in [1.807, 2.05) is 44.2 Å². The fourth-order valence-corrected chi connectivity index (χ4v) is 3.45. The number of carbonyl (C=O) groups excluding carboxylic acids is 1. The number of ketones is 1.